The van der Waals surface area contributed by atoms with Crippen LogP contribution in [0.1, 0.15) is 32.3 Å². The molecule has 1 aromatic rings. The molecule has 1 atom stereocenters. The van der Waals surface area contributed by atoms with Crippen LogP contribution in [0.5, 0.6) is 0 Å². The van der Waals surface area contributed by atoms with Crippen LogP contribution in [0.25, 0.3) is 0 Å². The number of carbonyl (C=O) groups is 1. The number of carbonyl (C=O) groups excluding carboxylic acids is 1. The van der Waals surface area contributed by atoms with E-state index in [1.807, 2.05) is 32.0 Å². The second-order valence-corrected chi connectivity index (χ2v) is 4.07. The third-order valence-corrected chi connectivity index (χ3v) is 2.72. The van der Waals surface area contributed by atoms with Crippen LogP contribution in [-0.4, -0.2) is 6.29 Å². The van der Waals surface area contributed by atoms with Crippen molar-refractivity contribution in [1.82, 2.24) is 0 Å². The van der Waals surface area contributed by atoms with Crippen molar-refractivity contribution in [3.05, 3.63) is 35.9 Å². The Hall–Kier alpha value is -1.11. The number of benzene rings is 1. The molecule has 0 radical (unpaired) electrons. The minimum atomic E-state index is -0.276. The Kier molecular flexibility index (Phi) is 2.86. The summed E-state index contributed by atoms with van der Waals surface area (Å²) in [7, 11) is 0. The molecule has 0 aliphatic rings. The predicted molar refractivity (Wildman–Crippen MR) is 54.7 cm³/mol. The van der Waals surface area contributed by atoms with Crippen molar-refractivity contribution in [3.8, 4) is 0 Å². The van der Waals surface area contributed by atoms with Gasteiger partial charge in [-0.25, -0.2) is 0 Å². The molecular formula is C12H16O. The minimum Gasteiger partial charge on any atom is -0.303 e. The highest BCUT2D eigenvalue weighted by Crippen LogP contribution is 2.32. The first-order valence-electron chi connectivity index (χ1n) is 4.59. The molecule has 0 bridgehead atoms. The van der Waals surface area contributed by atoms with Gasteiger partial charge in [0.1, 0.15) is 6.29 Å². The van der Waals surface area contributed by atoms with Crippen LogP contribution in [0, 0.1) is 5.41 Å². The summed E-state index contributed by atoms with van der Waals surface area (Å²) in [5.74, 6) is 0.270. The molecule has 0 aliphatic carbocycles. The zero-order valence-corrected chi connectivity index (χ0v) is 8.45. The molecule has 0 unspecified atom stereocenters. The second-order valence-electron chi connectivity index (χ2n) is 4.07. The minimum absolute atomic E-state index is 0.270. The topological polar surface area (TPSA) is 17.1 Å². The summed E-state index contributed by atoms with van der Waals surface area (Å²) in [6, 6.07) is 10.1. The molecule has 0 fully saturated rings. The first kappa shape index (κ1) is 9.97. The number of hydrogen-bond donors (Lipinski definition) is 0. The maximum Gasteiger partial charge on any atom is 0.126 e. The van der Waals surface area contributed by atoms with Gasteiger partial charge >= 0.3 is 0 Å². The third kappa shape index (κ3) is 2.18. The molecule has 0 spiro atoms. The van der Waals surface area contributed by atoms with Crippen LogP contribution in [0.15, 0.2) is 30.3 Å². The third-order valence-electron chi connectivity index (χ3n) is 2.72. The van der Waals surface area contributed by atoms with Gasteiger partial charge in [0.15, 0.2) is 0 Å². The van der Waals surface area contributed by atoms with Crippen molar-refractivity contribution >= 4 is 6.29 Å². The van der Waals surface area contributed by atoms with Crippen molar-refractivity contribution in [2.45, 2.75) is 26.7 Å². The van der Waals surface area contributed by atoms with Gasteiger partial charge in [0.2, 0.25) is 0 Å². The number of rotatable bonds is 3. The van der Waals surface area contributed by atoms with E-state index in [1.54, 1.807) is 0 Å². The van der Waals surface area contributed by atoms with Crippen molar-refractivity contribution in [2.75, 3.05) is 0 Å². The van der Waals surface area contributed by atoms with Gasteiger partial charge < -0.3 is 4.79 Å². The molecule has 70 valence electrons. The van der Waals surface area contributed by atoms with Crippen molar-refractivity contribution < 1.29 is 4.79 Å². The van der Waals surface area contributed by atoms with Crippen LogP contribution in [0.2, 0.25) is 0 Å². The average Bonchev–Trinajstić information content (AvgIpc) is 2.18. The average molecular weight is 176 g/mol. The zero-order valence-electron chi connectivity index (χ0n) is 8.45. The molecule has 1 heteroatoms. The van der Waals surface area contributed by atoms with E-state index in [-0.39, 0.29) is 11.3 Å². The van der Waals surface area contributed by atoms with Gasteiger partial charge in [0.05, 0.1) is 0 Å². The summed E-state index contributed by atoms with van der Waals surface area (Å²) in [5, 5.41) is 0. The van der Waals surface area contributed by atoms with E-state index in [4.69, 9.17) is 0 Å². The molecule has 0 aromatic heterocycles. The Morgan fingerprint density at radius 1 is 1.23 bits per heavy atom. The van der Waals surface area contributed by atoms with Gasteiger partial charge in [-0.3, -0.25) is 0 Å². The molecule has 0 aliphatic heterocycles. The quantitative estimate of drug-likeness (QED) is 0.647. The number of aldehydes is 1. The lowest BCUT2D eigenvalue weighted by atomic mass is 9.77. The van der Waals surface area contributed by atoms with Crippen molar-refractivity contribution in [1.29, 1.82) is 0 Å². The van der Waals surface area contributed by atoms with Crippen LogP contribution in [0.4, 0.5) is 0 Å². The summed E-state index contributed by atoms with van der Waals surface area (Å²) in [5.41, 5.74) is 0.945. The maximum absolute atomic E-state index is 10.8. The summed E-state index contributed by atoms with van der Waals surface area (Å²) in [6.45, 7) is 6.03. The Labute approximate surface area is 79.8 Å². The van der Waals surface area contributed by atoms with Gasteiger partial charge in [0.25, 0.3) is 0 Å². The highest BCUT2D eigenvalue weighted by Gasteiger charge is 2.25. The molecule has 0 heterocycles. The summed E-state index contributed by atoms with van der Waals surface area (Å²) >= 11 is 0. The summed E-state index contributed by atoms with van der Waals surface area (Å²) < 4.78 is 0. The normalized spacial score (nSPS) is 13.8. The van der Waals surface area contributed by atoms with E-state index >= 15 is 0 Å². The lowest BCUT2D eigenvalue weighted by Crippen LogP contribution is -2.21. The van der Waals surface area contributed by atoms with Gasteiger partial charge in [-0.2, -0.15) is 0 Å². The first-order valence-corrected chi connectivity index (χ1v) is 4.59. The second kappa shape index (κ2) is 3.73. The smallest absolute Gasteiger partial charge is 0.126 e. The summed E-state index contributed by atoms with van der Waals surface area (Å²) in [6.07, 6.45) is 1.03. The molecule has 0 N–H and O–H groups in total. The molecule has 1 rings (SSSR count). The highest BCUT2D eigenvalue weighted by molar-refractivity contribution is 5.60. The fraction of sp³-hybridized carbons (Fsp3) is 0.417. The van der Waals surface area contributed by atoms with Gasteiger partial charge in [0, 0.05) is 5.41 Å². The monoisotopic (exact) mass is 176 g/mol. The van der Waals surface area contributed by atoms with Gasteiger partial charge in [-0.15, -0.1) is 0 Å². The highest BCUT2D eigenvalue weighted by atomic mass is 16.1. The van der Waals surface area contributed by atoms with E-state index in [0.717, 1.165) is 6.29 Å². The van der Waals surface area contributed by atoms with E-state index in [2.05, 4.69) is 19.1 Å². The predicted octanol–water partition coefficient (Wildman–Crippen LogP) is 3.02. The van der Waals surface area contributed by atoms with Crippen LogP contribution >= 0.6 is 0 Å². The molecule has 1 aromatic carbocycles. The van der Waals surface area contributed by atoms with Gasteiger partial charge in [-0.05, 0) is 11.5 Å². The lowest BCUT2D eigenvalue weighted by molar-refractivity contribution is -0.115. The van der Waals surface area contributed by atoms with Gasteiger partial charge in [-0.1, -0.05) is 51.1 Å². The molecule has 13 heavy (non-hydrogen) atoms. The van der Waals surface area contributed by atoms with E-state index in [9.17, 15) is 4.79 Å². The zero-order chi connectivity index (χ0) is 9.90. The summed E-state index contributed by atoms with van der Waals surface area (Å²) in [4.78, 5) is 10.8. The Morgan fingerprint density at radius 3 is 2.23 bits per heavy atom. The number of hydrogen-bond acceptors (Lipinski definition) is 1. The van der Waals surface area contributed by atoms with E-state index < -0.39 is 0 Å². The molecule has 0 amide bonds. The first-order chi connectivity index (χ1) is 6.08. The van der Waals surface area contributed by atoms with E-state index in [1.165, 1.54) is 5.56 Å². The SMILES string of the molecule is C[C@H](c1ccccc1)C(C)(C)C=O. The fourth-order valence-corrected chi connectivity index (χ4v) is 1.27. The van der Waals surface area contributed by atoms with Crippen LogP contribution in [-0.2, 0) is 4.79 Å². The maximum atomic E-state index is 10.8. The van der Waals surface area contributed by atoms with Crippen LogP contribution < -0.4 is 0 Å². The molecule has 0 saturated carbocycles. The Balaban J connectivity index is 2.91. The van der Waals surface area contributed by atoms with Crippen molar-refractivity contribution in [3.63, 3.8) is 0 Å². The Bertz CT molecular complexity index is 274. The molecular weight excluding hydrogens is 160 g/mol. The molecule has 1 nitrogen and oxygen atoms in total. The fourth-order valence-electron chi connectivity index (χ4n) is 1.27. The standard InChI is InChI=1S/C12H16O/c1-10(12(2,3)9-13)11-7-5-4-6-8-11/h4-10H,1-3H3/t10-/m1/s1. The van der Waals surface area contributed by atoms with E-state index in [0.29, 0.717) is 0 Å². The lowest BCUT2D eigenvalue weighted by Gasteiger charge is -2.25. The van der Waals surface area contributed by atoms with Crippen LogP contribution in [0.3, 0.4) is 0 Å². The molecule has 0 saturated heterocycles. The largest absolute Gasteiger partial charge is 0.303 e. The van der Waals surface area contributed by atoms with Crippen molar-refractivity contribution in [2.24, 2.45) is 5.41 Å². The Morgan fingerprint density at radius 2 is 1.77 bits per heavy atom.